The van der Waals surface area contributed by atoms with Gasteiger partial charge in [-0.05, 0) is 75.3 Å². The van der Waals surface area contributed by atoms with Gasteiger partial charge in [0.25, 0.3) is 0 Å². The smallest absolute Gasteiger partial charge is 0.329 e. The number of rotatable bonds is 34. The molecule has 2 aliphatic rings. The molecule has 14 amide bonds. The fourth-order valence-electron chi connectivity index (χ4n) is 13.0. The Morgan fingerprint density at radius 2 is 1.10 bits per heavy atom. The number of H-pyrrole nitrogens is 1. The first-order valence-electron chi connectivity index (χ1n) is 38.3. The minimum Gasteiger partial charge on any atom is -0.481 e. The summed E-state index contributed by atoms with van der Waals surface area (Å²) < 4.78 is 5.69. The lowest BCUT2D eigenvalue weighted by molar-refractivity contribution is -0.156. The SMILES string of the molecule is C[C@H]1NC(=O)[C@@H](CC(=O)O)NC(=O)[C@H](CCCN)NC(=O)CNC(=O)[C@@H](NC(=O)[C@H](CC(=O)O)NC(=O)[C@H](CC(N)=O)NC(=O)[C@H](Cc2c[nH]c3ccccc23)NC(=O)CCCCCCC2CCCCC2)[C@@H](C)OC(=O)[C@H](CC(=O)c2ccccc2N)NC(=O)[C@H]([C@@H](C)CC(=O)O)NC(=O)[C@@H](CO)NC(=O)CNC(=O)[C@H](CC(=O)O)NC1=O. The number of esters is 1. The van der Waals surface area contributed by atoms with E-state index in [-0.39, 0.29) is 37.1 Å². The molecule has 1 aliphatic carbocycles. The third-order valence-corrected chi connectivity index (χ3v) is 19.3. The molecule has 0 radical (unpaired) electrons. The average Bonchev–Trinajstić information content (AvgIpc) is 1.47. The second-order valence-corrected chi connectivity index (χ2v) is 28.8. The molecule has 13 atom stereocenters. The van der Waals surface area contributed by atoms with E-state index in [2.05, 4.69) is 58.2 Å². The van der Waals surface area contributed by atoms with Crippen molar-refractivity contribution in [2.75, 3.05) is 32.0 Å². The van der Waals surface area contributed by atoms with E-state index in [1.165, 1.54) is 56.4 Å². The molecule has 25 N–H and O–H groups in total. The number of unbranched alkanes of at least 4 members (excludes halogenated alkanes) is 3. The summed E-state index contributed by atoms with van der Waals surface area (Å²) in [4.78, 5) is 277. The van der Waals surface area contributed by atoms with Crippen LogP contribution in [-0.2, 0) is 102 Å². The van der Waals surface area contributed by atoms with Gasteiger partial charge in [-0.2, -0.15) is 0 Å². The van der Waals surface area contributed by atoms with E-state index in [1.54, 1.807) is 30.5 Å². The Morgan fingerprint density at radius 1 is 0.542 bits per heavy atom. The van der Waals surface area contributed by atoms with Crippen LogP contribution >= 0.6 is 0 Å². The zero-order valence-corrected chi connectivity index (χ0v) is 65.3. The van der Waals surface area contributed by atoms with E-state index in [0.29, 0.717) is 35.2 Å². The van der Waals surface area contributed by atoms with Gasteiger partial charge in [0.2, 0.25) is 82.7 Å². The molecule has 118 heavy (non-hydrogen) atoms. The monoisotopic (exact) mass is 1660 g/mol. The molecular weight excluding hydrogens is 1550 g/mol. The number of primary amides is 1. The number of cyclic esters (lactones) is 1. The first-order chi connectivity index (χ1) is 55.9. The number of ketones is 1. The first-order valence-corrected chi connectivity index (χ1v) is 38.3. The van der Waals surface area contributed by atoms with Crippen molar-refractivity contribution in [2.45, 2.75) is 222 Å². The van der Waals surface area contributed by atoms with Gasteiger partial charge in [0.15, 0.2) is 5.78 Å². The highest BCUT2D eigenvalue weighted by Gasteiger charge is 2.41. The van der Waals surface area contributed by atoms with Gasteiger partial charge in [-0.3, -0.25) is 91.1 Å². The number of carbonyl (C=O) groups is 20. The van der Waals surface area contributed by atoms with Crippen LogP contribution in [0.2, 0.25) is 0 Å². The number of Topliss-reactive ketones (excluding diaryl/α,β-unsaturated/α-hetero) is 1. The molecule has 1 saturated heterocycles. The topological polar surface area (TPSA) is 702 Å². The predicted octanol–water partition coefficient (Wildman–Crippen LogP) is -4.84. The number of carbonyl (C=O) groups excluding carboxylic acids is 16. The molecule has 0 spiro atoms. The Balaban J connectivity index is 1.57. The summed E-state index contributed by atoms with van der Waals surface area (Å²) >= 11 is 0. The van der Waals surface area contributed by atoms with E-state index in [1.807, 2.05) is 16.0 Å². The van der Waals surface area contributed by atoms with Crippen molar-refractivity contribution in [1.82, 2.24) is 74.1 Å². The minimum absolute atomic E-state index is 0.00902. The highest BCUT2D eigenvalue weighted by molar-refractivity contribution is 6.05. The molecule has 2 aromatic carbocycles. The number of nitrogen functional groups attached to an aromatic ring is 1. The number of aliphatic carboxylic acids is 4. The van der Waals surface area contributed by atoms with Crippen LogP contribution in [0.15, 0.2) is 54.7 Å². The van der Waals surface area contributed by atoms with Crippen molar-refractivity contribution in [3.63, 3.8) is 0 Å². The van der Waals surface area contributed by atoms with Gasteiger partial charge in [-0.15, -0.1) is 0 Å². The van der Waals surface area contributed by atoms with Gasteiger partial charge in [0.1, 0.15) is 72.6 Å². The van der Waals surface area contributed by atoms with Crippen molar-refractivity contribution in [1.29, 1.82) is 0 Å². The summed E-state index contributed by atoms with van der Waals surface area (Å²) in [6, 6.07) is -10.5. The molecule has 2 fully saturated rings. The number of ether oxygens (including phenoxy) is 1. The number of anilines is 1. The van der Waals surface area contributed by atoms with Crippen LogP contribution in [0, 0.1) is 11.8 Å². The number of hydrogen-bond acceptors (Lipinski definition) is 24. The fraction of sp³-hybridized carbons (Fsp3) is 0.547. The van der Waals surface area contributed by atoms with Crippen molar-refractivity contribution in [3.8, 4) is 0 Å². The van der Waals surface area contributed by atoms with Crippen molar-refractivity contribution >= 4 is 135 Å². The van der Waals surface area contributed by atoms with Crippen LogP contribution in [-0.4, -0.2) is 248 Å². The molecule has 43 nitrogen and oxygen atoms in total. The Kier molecular flexibility index (Phi) is 39.0. The molecule has 0 unspecified atom stereocenters. The number of aromatic amines is 1. The number of fused-ring (bicyclic) bond motifs is 1. The maximum absolute atomic E-state index is 14.9. The van der Waals surface area contributed by atoms with Crippen molar-refractivity contribution in [2.24, 2.45) is 23.3 Å². The largest absolute Gasteiger partial charge is 0.481 e. The van der Waals surface area contributed by atoms with Crippen LogP contribution < -0.4 is 86.3 Å². The normalized spacial score (nSPS) is 21.9. The zero-order valence-electron chi connectivity index (χ0n) is 65.3. The highest BCUT2D eigenvalue weighted by atomic mass is 16.5. The third kappa shape index (κ3) is 32.2. The maximum atomic E-state index is 14.9. The number of amides is 14. The fourth-order valence-corrected chi connectivity index (χ4v) is 13.0. The standard InChI is InChI=1S/C75H105N17O26/c1-37(26-59(99)100)63-74(116)90-52(28-54(94)43-20-11-13-21-44(43)77)75(117)118-39(3)64(73(115)81-35-57(97)83-46(23-15-25-76)67(109)88-50(31-61(103)104)68(110)82-38(2)65(107)86-49(30-60(101)102)66(108)80-34-58(98)85-53(36-93)72(114)91-63)92-71(113)51(32-62(105)106)89-70(112)48(29-55(78)95)87-69(111)47(27-41-33-79-45-22-14-12-19-42(41)45)84-56(96)24-10-5-4-7-16-40-17-8-6-9-18-40/h11-14,19-22,33,37-40,46-53,63-64,79,93H,4-10,15-18,23-32,34-36,76-77H2,1-3H3,(H2,78,95)(H,80,108)(H,81,115)(H,82,110)(H,83,97)(H,84,96)(H,85,98)(H,86,107)(H,87,111)(H,88,109)(H,89,112)(H,90,116)(H,91,114)(H,92,113)(H,99,100)(H,101,102)(H,103,104)(H,105,106)/t37-,38+,39+,46-,47-,48-,49-,50+,51-,52-,53+,63-,64-/m0/s1. The Labute approximate surface area is 675 Å². The summed E-state index contributed by atoms with van der Waals surface area (Å²) in [5.74, 6) is -29.0. The lowest BCUT2D eigenvalue weighted by atomic mass is 9.85. The van der Waals surface area contributed by atoms with E-state index >= 15 is 0 Å². The molecule has 646 valence electrons. The first kappa shape index (κ1) is 95.9. The number of carboxylic acids is 4. The Morgan fingerprint density at radius 3 is 1.72 bits per heavy atom. The van der Waals surface area contributed by atoms with Gasteiger partial charge < -0.3 is 122 Å². The molecule has 43 heteroatoms. The van der Waals surface area contributed by atoms with Gasteiger partial charge in [-0.25, -0.2) is 4.79 Å². The lowest BCUT2D eigenvalue weighted by Crippen LogP contribution is -2.62. The predicted molar refractivity (Wildman–Crippen MR) is 412 cm³/mol. The summed E-state index contributed by atoms with van der Waals surface area (Å²) in [6.07, 6.45) is 1.80. The number of carboxylic acid groups (broad SMARTS) is 4. The van der Waals surface area contributed by atoms with Gasteiger partial charge >= 0.3 is 29.8 Å². The van der Waals surface area contributed by atoms with Crippen LogP contribution in [0.25, 0.3) is 10.9 Å². The minimum atomic E-state index is -2.45. The maximum Gasteiger partial charge on any atom is 0.329 e. The van der Waals surface area contributed by atoms with E-state index in [0.717, 1.165) is 40.0 Å². The number of aromatic nitrogens is 1. The number of para-hydroxylation sites is 2. The quantitative estimate of drug-likeness (QED) is 0.0115. The number of nitrogens with one attached hydrogen (secondary N) is 14. The summed E-state index contributed by atoms with van der Waals surface area (Å²) in [7, 11) is 0. The molecule has 1 aromatic heterocycles. The molecule has 3 aromatic rings. The van der Waals surface area contributed by atoms with Crippen LogP contribution in [0.4, 0.5) is 5.69 Å². The van der Waals surface area contributed by atoms with Crippen LogP contribution in [0.3, 0.4) is 0 Å². The van der Waals surface area contributed by atoms with Crippen molar-refractivity contribution < 1.29 is 126 Å². The Hall–Kier alpha value is -12.7. The molecule has 5 rings (SSSR count). The molecule has 1 saturated carbocycles. The van der Waals surface area contributed by atoms with Gasteiger partial charge in [0, 0.05) is 47.6 Å². The second-order valence-electron chi connectivity index (χ2n) is 28.8. The zero-order chi connectivity index (χ0) is 87.5. The number of hydrogen-bond donors (Lipinski definition) is 22. The summed E-state index contributed by atoms with van der Waals surface area (Å²) in [5.41, 5.74) is 18.1. The van der Waals surface area contributed by atoms with Crippen LogP contribution in [0.1, 0.15) is 159 Å². The second kappa shape index (κ2) is 48.0. The van der Waals surface area contributed by atoms with Gasteiger partial charge in [-0.1, -0.05) is 95.0 Å². The number of benzene rings is 2. The average molecular weight is 1660 g/mol. The molecule has 1 aliphatic heterocycles. The molecule has 2 heterocycles. The van der Waals surface area contributed by atoms with Crippen molar-refractivity contribution in [3.05, 3.63) is 65.9 Å². The number of nitrogens with two attached hydrogens (primary N) is 3. The van der Waals surface area contributed by atoms with E-state index < -0.39 is 261 Å². The third-order valence-electron chi connectivity index (χ3n) is 19.3. The Bertz CT molecular complexity index is 4150. The number of aliphatic hydroxyl groups is 1. The van der Waals surface area contributed by atoms with Gasteiger partial charge in [0.05, 0.1) is 51.8 Å². The van der Waals surface area contributed by atoms with E-state index in [4.69, 9.17) is 21.9 Å². The highest BCUT2D eigenvalue weighted by Crippen LogP contribution is 2.28. The number of aliphatic hydroxyl groups excluding tert-OH is 1. The molecular formula is C75H105N17O26. The van der Waals surface area contributed by atoms with Crippen LogP contribution in [0.5, 0.6) is 0 Å². The van der Waals surface area contributed by atoms with E-state index in [9.17, 15) is 121 Å². The lowest BCUT2D eigenvalue weighted by Gasteiger charge is -2.30. The summed E-state index contributed by atoms with van der Waals surface area (Å²) in [6.45, 7) is -0.940. The summed E-state index contributed by atoms with van der Waals surface area (Å²) in [5, 5.41) is 78.9. The molecule has 0 bridgehead atoms.